The van der Waals surface area contributed by atoms with E-state index in [2.05, 4.69) is 11.4 Å². The van der Waals surface area contributed by atoms with Crippen molar-refractivity contribution in [2.24, 2.45) is 5.92 Å². The van der Waals surface area contributed by atoms with Crippen molar-refractivity contribution in [3.63, 3.8) is 0 Å². The van der Waals surface area contributed by atoms with Crippen molar-refractivity contribution >= 4 is 16.7 Å². The monoisotopic (exact) mass is 283 g/mol. The second-order valence-corrected chi connectivity index (χ2v) is 5.33. The Labute approximate surface area is 122 Å². The fourth-order valence-electron chi connectivity index (χ4n) is 2.08. The quantitative estimate of drug-likeness (QED) is 0.927. The van der Waals surface area contributed by atoms with E-state index in [1.807, 2.05) is 13.8 Å². The van der Waals surface area contributed by atoms with Gasteiger partial charge < -0.3 is 9.88 Å². The summed E-state index contributed by atoms with van der Waals surface area (Å²) in [6, 6.07) is 9.00. The van der Waals surface area contributed by atoms with Gasteiger partial charge in [0.2, 0.25) is 5.91 Å². The maximum Gasteiger partial charge on any atom is 0.258 e. The largest absolute Gasteiger partial charge is 0.354 e. The number of hydrogen-bond donors (Lipinski definition) is 1. The molecule has 1 aromatic carbocycles. The summed E-state index contributed by atoms with van der Waals surface area (Å²) in [6.45, 7) is 4.48. The molecule has 1 N–H and O–H groups in total. The van der Waals surface area contributed by atoms with Crippen LogP contribution in [0.2, 0.25) is 0 Å². The van der Waals surface area contributed by atoms with Gasteiger partial charge in [-0.15, -0.1) is 0 Å². The maximum atomic E-state index is 12.3. The van der Waals surface area contributed by atoms with Gasteiger partial charge in [-0.3, -0.25) is 9.59 Å². The van der Waals surface area contributed by atoms with E-state index in [-0.39, 0.29) is 18.0 Å². The van der Waals surface area contributed by atoms with E-state index in [1.54, 1.807) is 24.3 Å². The SMILES string of the molecule is CC(C)CNC(=O)Cn1cc(C#N)c2ccccc2c1=O. The van der Waals surface area contributed by atoms with Crippen LogP contribution in [0.25, 0.3) is 10.8 Å². The minimum atomic E-state index is -0.260. The minimum Gasteiger partial charge on any atom is -0.354 e. The lowest BCUT2D eigenvalue weighted by Gasteiger charge is -2.10. The zero-order valence-electron chi connectivity index (χ0n) is 12.1. The summed E-state index contributed by atoms with van der Waals surface area (Å²) in [5, 5.41) is 13.0. The molecule has 0 atom stereocenters. The number of nitriles is 1. The van der Waals surface area contributed by atoms with E-state index in [4.69, 9.17) is 0 Å². The predicted octanol–water partition coefficient (Wildman–Crippen LogP) is 1.65. The van der Waals surface area contributed by atoms with Crippen LogP contribution in [0.1, 0.15) is 19.4 Å². The number of rotatable bonds is 4. The maximum absolute atomic E-state index is 12.3. The number of carbonyl (C=O) groups is 1. The Kier molecular flexibility index (Phi) is 4.39. The highest BCUT2D eigenvalue weighted by molar-refractivity contribution is 5.87. The molecule has 0 bridgehead atoms. The summed E-state index contributed by atoms with van der Waals surface area (Å²) in [5.74, 6) is 0.113. The first-order chi connectivity index (χ1) is 10.0. The third kappa shape index (κ3) is 3.29. The van der Waals surface area contributed by atoms with Gasteiger partial charge in [-0.25, -0.2) is 0 Å². The van der Waals surface area contributed by atoms with Crippen LogP contribution < -0.4 is 10.9 Å². The number of nitrogens with one attached hydrogen (secondary N) is 1. The Hall–Kier alpha value is -2.61. The van der Waals surface area contributed by atoms with Crippen LogP contribution in [0.5, 0.6) is 0 Å². The van der Waals surface area contributed by atoms with Crippen LogP contribution in [-0.4, -0.2) is 17.0 Å². The van der Waals surface area contributed by atoms with Gasteiger partial charge in [0, 0.05) is 23.5 Å². The second kappa shape index (κ2) is 6.23. The topological polar surface area (TPSA) is 74.9 Å². The summed E-state index contributed by atoms with van der Waals surface area (Å²) >= 11 is 0. The third-order valence-corrected chi connectivity index (χ3v) is 3.14. The van der Waals surface area contributed by atoms with Crippen LogP contribution in [0, 0.1) is 17.2 Å². The molecular formula is C16H17N3O2. The van der Waals surface area contributed by atoms with E-state index in [9.17, 15) is 14.9 Å². The van der Waals surface area contributed by atoms with E-state index >= 15 is 0 Å². The van der Waals surface area contributed by atoms with Crippen molar-refractivity contribution in [3.05, 3.63) is 46.4 Å². The van der Waals surface area contributed by atoms with Crippen LogP contribution in [-0.2, 0) is 11.3 Å². The number of benzene rings is 1. The van der Waals surface area contributed by atoms with Gasteiger partial charge in [0.05, 0.1) is 5.56 Å². The molecule has 0 aliphatic carbocycles. The van der Waals surface area contributed by atoms with Gasteiger partial charge in [0.15, 0.2) is 0 Å². The molecule has 5 nitrogen and oxygen atoms in total. The van der Waals surface area contributed by atoms with Gasteiger partial charge >= 0.3 is 0 Å². The molecule has 0 saturated carbocycles. The lowest BCUT2D eigenvalue weighted by atomic mass is 10.1. The molecule has 1 amide bonds. The zero-order valence-corrected chi connectivity index (χ0v) is 12.1. The summed E-state index contributed by atoms with van der Waals surface area (Å²) in [6.07, 6.45) is 1.44. The molecule has 0 aliphatic rings. The summed E-state index contributed by atoms with van der Waals surface area (Å²) < 4.78 is 1.29. The average molecular weight is 283 g/mol. The van der Waals surface area contributed by atoms with Gasteiger partial charge in [0.25, 0.3) is 5.56 Å². The molecule has 1 heterocycles. The number of carbonyl (C=O) groups excluding carboxylic acids is 1. The number of aromatic nitrogens is 1. The first-order valence-corrected chi connectivity index (χ1v) is 6.82. The Bertz CT molecular complexity index is 769. The fourth-order valence-corrected chi connectivity index (χ4v) is 2.08. The molecule has 0 fully saturated rings. The van der Waals surface area contributed by atoms with Gasteiger partial charge in [-0.2, -0.15) is 5.26 Å². The lowest BCUT2D eigenvalue weighted by Crippen LogP contribution is -2.34. The normalized spacial score (nSPS) is 10.6. The molecule has 0 radical (unpaired) electrons. The zero-order chi connectivity index (χ0) is 15.4. The molecule has 2 rings (SSSR count). The highest BCUT2D eigenvalue weighted by Gasteiger charge is 2.11. The van der Waals surface area contributed by atoms with Crippen molar-refractivity contribution in [1.29, 1.82) is 5.26 Å². The van der Waals surface area contributed by atoms with Crippen LogP contribution in [0.3, 0.4) is 0 Å². The van der Waals surface area contributed by atoms with Crippen molar-refractivity contribution in [2.45, 2.75) is 20.4 Å². The molecule has 21 heavy (non-hydrogen) atoms. The molecule has 0 aliphatic heterocycles. The molecule has 108 valence electrons. The number of pyridine rings is 1. The van der Waals surface area contributed by atoms with Gasteiger partial charge in [-0.05, 0) is 12.0 Å². The van der Waals surface area contributed by atoms with E-state index in [0.29, 0.717) is 28.8 Å². The van der Waals surface area contributed by atoms with E-state index in [0.717, 1.165) is 0 Å². The molecule has 0 spiro atoms. The number of nitrogens with zero attached hydrogens (tertiary/aromatic N) is 2. The van der Waals surface area contributed by atoms with E-state index in [1.165, 1.54) is 10.8 Å². The Morgan fingerprint density at radius 3 is 2.62 bits per heavy atom. The lowest BCUT2D eigenvalue weighted by molar-refractivity contribution is -0.121. The van der Waals surface area contributed by atoms with Crippen molar-refractivity contribution < 1.29 is 4.79 Å². The van der Waals surface area contributed by atoms with Gasteiger partial charge in [0.1, 0.15) is 12.6 Å². The molecule has 0 saturated heterocycles. The molecular weight excluding hydrogens is 266 g/mol. The number of hydrogen-bond acceptors (Lipinski definition) is 3. The standard InChI is InChI=1S/C16H17N3O2/c1-11(2)8-18-15(20)10-19-9-12(7-17)13-5-3-4-6-14(13)16(19)21/h3-6,9,11H,8,10H2,1-2H3,(H,18,20). The minimum absolute atomic E-state index is 0.0783. The predicted molar refractivity (Wildman–Crippen MR) is 80.8 cm³/mol. The van der Waals surface area contributed by atoms with Crippen molar-refractivity contribution in [3.8, 4) is 6.07 Å². The van der Waals surface area contributed by atoms with Crippen molar-refractivity contribution in [2.75, 3.05) is 6.54 Å². The van der Waals surface area contributed by atoms with E-state index < -0.39 is 0 Å². The smallest absolute Gasteiger partial charge is 0.258 e. The highest BCUT2D eigenvalue weighted by atomic mass is 16.2. The average Bonchev–Trinajstić information content (AvgIpc) is 2.48. The molecule has 2 aromatic rings. The first kappa shape index (κ1) is 14.8. The molecule has 5 heteroatoms. The first-order valence-electron chi connectivity index (χ1n) is 6.82. The van der Waals surface area contributed by atoms with Crippen LogP contribution in [0.15, 0.2) is 35.3 Å². The Balaban J connectivity index is 2.37. The summed E-state index contributed by atoms with van der Waals surface area (Å²) in [5.41, 5.74) is 0.131. The Morgan fingerprint density at radius 2 is 2.00 bits per heavy atom. The number of amides is 1. The molecule has 0 unspecified atom stereocenters. The number of fused-ring (bicyclic) bond motifs is 1. The molecule has 1 aromatic heterocycles. The van der Waals surface area contributed by atoms with Crippen molar-refractivity contribution in [1.82, 2.24) is 9.88 Å². The summed E-state index contributed by atoms with van der Waals surface area (Å²) in [7, 11) is 0. The third-order valence-electron chi connectivity index (χ3n) is 3.14. The van der Waals surface area contributed by atoms with Gasteiger partial charge in [-0.1, -0.05) is 32.0 Å². The van der Waals surface area contributed by atoms with Crippen LogP contribution in [0.4, 0.5) is 0 Å². The van der Waals surface area contributed by atoms with Crippen LogP contribution >= 0.6 is 0 Å². The Morgan fingerprint density at radius 1 is 1.33 bits per heavy atom. The fraction of sp³-hybridized carbons (Fsp3) is 0.312. The second-order valence-electron chi connectivity index (χ2n) is 5.33. The summed E-state index contributed by atoms with van der Waals surface area (Å²) in [4.78, 5) is 24.2. The highest BCUT2D eigenvalue weighted by Crippen LogP contribution is 2.14.